The Morgan fingerprint density at radius 3 is 2.24 bits per heavy atom. The summed E-state index contributed by atoms with van der Waals surface area (Å²) in [7, 11) is 0. The molecule has 1 saturated heterocycles. The van der Waals surface area contributed by atoms with Gasteiger partial charge in [0.15, 0.2) is 0 Å². The van der Waals surface area contributed by atoms with E-state index >= 15 is 0 Å². The van der Waals surface area contributed by atoms with Crippen molar-refractivity contribution in [3.63, 3.8) is 0 Å². The molecule has 1 unspecified atom stereocenters. The lowest BCUT2D eigenvalue weighted by Crippen LogP contribution is -2.55. The molecule has 0 bridgehead atoms. The van der Waals surface area contributed by atoms with Crippen LogP contribution in [0.1, 0.15) is 26.3 Å². The lowest BCUT2D eigenvalue weighted by atomic mass is 10.0. The average molecular weight is 306 g/mol. The van der Waals surface area contributed by atoms with E-state index in [0.29, 0.717) is 6.42 Å². The lowest BCUT2D eigenvalue weighted by Gasteiger charge is -2.42. The molecular formula is C17H26N2OS. The van der Waals surface area contributed by atoms with E-state index in [-0.39, 0.29) is 16.7 Å². The Kier molecular flexibility index (Phi) is 5.33. The number of thiol groups is 1. The van der Waals surface area contributed by atoms with Gasteiger partial charge in [0, 0.05) is 31.7 Å². The number of benzene rings is 1. The maximum Gasteiger partial charge on any atom is 0.235 e. The minimum Gasteiger partial charge on any atom is -0.339 e. The fraction of sp³-hybridized carbons (Fsp3) is 0.588. The molecule has 0 saturated carbocycles. The van der Waals surface area contributed by atoms with Crippen LogP contribution in [0.25, 0.3) is 0 Å². The molecule has 21 heavy (non-hydrogen) atoms. The normalized spacial score (nSPS) is 18.6. The van der Waals surface area contributed by atoms with E-state index in [0.717, 1.165) is 26.2 Å². The highest BCUT2D eigenvalue weighted by Gasteiger charge is 2.29. The largest absolute Gasteiger partial charge is 0.339 e. The number of hydrogen-bond acceptors (Lipinski definition) is 3. The number of carbonyl (C=O) groups is 1. The molecular weight excluding hydrogens is 280 g/mol. The highest BCUT2D eigenvalue weighted by Crippen LogP contribution is 2.18. The van der Waals surface area contributed by atoms with Gasteiger partial charge in [-0.3, -0.25) is 9.69 Å². The summed E-state index contributed by atoms with van der Waals surface area (Å²) < 4.78 is 0. The van der Waals surface area contributed by atoms with Gasteiger partial charge in [0.1, 0.15) is 0 Å². The van der Waals surface area contributed by atoms with E-state index in [1.165, 1.54) is 5.56 Å². The Morgan fingerprint density at radius 2 is 1.71 bits per heavy atom. The second kappa shape index (κ2) is 6.84. The van der Waals surface area contributed by atoms with Crippen LogP contribution in [0.3, 0.4) is 0 Å². The topological polar surface area (TPSA) is 23.6 Å². The van der Waals surface area contributed by atoms with Gasteiger partial charge in [0.2, 0.25) is 5.91 Å². The average Bonchev–Trinajstić information content (AvgIpc) is 2.46. The molecule has 0 radical (unpaired) electrons. The molecule has 0 aromatic heterocycles. The van der Waals surface area contributed by atoms with Crippen molar-refractivity contribution in [2.24, 2.45) is 0 Å². The number of amides is 1. The van der Waals surface area contributed by atoms with Crippen molar-refractivity contribution < 1.29 is 4.79 Å². The minimum atomic E-state index is -0.242. The highest BCUT2D eigenvalue weighted by atomic mass is 32.1. The summed E-state index contributed by atoms with van der Waals surface area (Å²) in [6.45, 7) is 10.2. The second-order valence-corrected chi connectivity index (χ2v) is 7.31. The molecule has 1 aliphatic rings. The molecule has 0 aliphatic carbocycles. The van der Waals surface area contributed by atoms with Crippen LogP contribution in [0.5, 0.6) is 0 Å². The van der Waals surface area contributed by atoms with Crippen LogP contribution in [-0.2, 0) is 11.2 Å². The molecule has 0 spiro atoms. The maximum atomic E-state index is 12.5. The number of nitrogens with zero attached hydrogens (tertiary/aromatic N) is 2. The molecule has 1 amide bonds. The van der Waals surface area contributed by atoms with Gasteiger partial charge in [-0.15, -0.1) is 0 Å². The third kappa shape index (κ3) is 4.48. The van der Waals surface area contributed by atoms with Gasteiger partial charge in [-0.2, -0.15) is 12.6 Å². The van der Waals surface area contributed by atoms with E-state index in [9.17, 15) is 4.79 Å². The predicted octanol–water partition coefficient (Wildman–Crippen LogP) is 2.47. The summed E-state index contributed by atoms with van der Waals surface area (Å²) in [5.74, 6) is 0.163. The smallest absolute Gasteiger partial charge is 0.235 e. The van der Waals surface area contributed by atoms with Gasteiger partial charge in [0.05, 0.1) is 5.25 Å². The molecule has 4 heteroatoms. The van der Waals surface area contributed by atoms with Crippen LogP contribution in [0, 0.1) is 0 Å². The Balaban J connectivity index is 1.87. The summed E-state index contributed by atoms with van der Waals surface area (Å²) in [5, 5.41) is -0.242. The first kappa shape index (κ1) is 16.4. The Bertz CT molecular complexity index is 461. The maximum absolute atomic E-state index is 12.5. The van der Waals surface area contributed by atoms with Crippen molar-refractivity contribution in [1.29, 1.82) is 0 Å². The fourth-order valence-corrected chi connectivity index (χ4v) is 3.11. The number of piperazine rings is 1. The van der Waals surface area contributed by atoms with Crippen LogP contribution in [-0.4, -0.2) is 52.7 Å². The Morgan fingerprint density at radius 1 is 1.14 bits per heavy atom. The van der Waals surface area contributed by atoms with E-state index < -0.39 is 0 Å². The molecule has 1 atom stereocenters. The zero-order valence-corrected chi connectivity index (χ0v) is 14.1. The van der Waals surface area contributed by atoms with Gasteiger partial charge < -0.3 is 4.90 Å². The summed E-state index contributed by atoms with van der Waals surface area (Å²) in [6.07, 6.45) is 0.697. The molecule has 1 aromatic carbocycles. The number of hydrogen-bond donors (Lipinski definition) is 1. The van der Waals surface area contributed by atoms with Gasteiger partial charge in [-0.1, -0.05) is 30.3 Å². The van der Waals surface area contributed by atoms with E-state index in [4.69, 9.17) is 0 Å². The van der Waals surface area contributed by atoms with Crippen LogP contribution in [0.2, 0.25) is 0 Å². The standard InChI is InChI=1S/C17H26N2OS/c1-17(2,3)19-11-9-18(10-12-19)16(20)15(21)13-14-7-5-4-6-8-14/h4-8,15,21H,9-13H2,1-3H3. The van der Waals surface area contributed by atoms with E-state index in [1.807, 2.05) is 35.2 Å². The quantitative estimate of drug-likeness (QED) is 0.867. The zero-order valence-electron chi connectivity index (χ0n) is 13.2. The number of carbonyl (C=O) groups excluding carboxylic acids is 1. The predicted molar refractivity (Wildman–Crippen MR) is 90.8 cm³/mol. The first-order valence-electron chi connectivity index (χ1n) is 7.64. The number of rotatable bonds is 3. The van der Waals surface area contributed by atoms with Gasteiger partial charge in [-0.25, -0.2) is 0 Å². The van der Waals surface area contributed by atoms with Crippen LogP contribution >= 0.6 is 12.6 Å². The van der Waals surface area contributed by atoms with Crippen molar-refractivity contribution in [2.75, 3.05) is 26.2 Å². The Labute approximate surface area is 133 Å². The molecule has 1 heterocycles. The first-order valence-corrected chi connectivity index (χ1v) is 8.15. The third-order valence-corrected chi connectivity index (χ3v) is 4.50. The molecule has 3 nitrogen and oxygen atoms in total. The molecule has 1 aromatic rings. The van der Waals surface area contributed by atoms with E-state index in [1.54, 1.807) is 0 Å². The second-order valence-electron chi connectivity index (χ2n) is 6.69. The summed E-state index contributed by atoms with van der Waals surface area (Å²) in [4.78, 5) is 16.9. The SMILES string of the molecule is CC(C)(C)N1CCN(C(=O)C(S)Cc2ccccc2)CC1. The van der Waals surface area contributed by atoms with Crippen molar-refractivity contribution >= 4 is 18.5 Å². The molecule has 1 aliphatic heterocycles. The van der Waals surface area contributed by atoms with Gasteiger partial charge in [-0.05, 0) is 32.8 Å². The molecule has 2 rings (SSSR count). The van der Waals surface area contributed by atoms with Crippen molar-refractivity contribution in [3.05, 3.63) is 35.9 Å². The third-order valence-electron chi connectivity index (χ3n) is 4.10. The zero-order chi connectivity index (χ0) is 15.5. The lowest BCUT2D eigenvalue weighted by molar-refractivity contribution is -0.133. The summed E-state index contributed by atoms with van der Waals surface area (Å²) in [6, 6.07) is 10.1. The molecule has 116 valence electrons. The summed E-state index contributed by atoms with van der Waals surface area (Å²) >= 11 is 4.52. The first-order chi connectivity index (χ1) is 9.88. The van der Waals surface area contributed by atoms with Crippen molar-refractivity contribution in [2.45, 2.75) is 38.0 Å². The van der Waals surface area contributed by atoms with Gasteiger partial charge >= 0.3 is 0 Å². The highest BCUT2D eigenvalue weighted by molar-refractivity contribution is 7.81. The van der Waals surface area contributed by atoms with E-state index in [2.05, 4.69) is 38.3 Å². The minimum absolute atomic E-state index is 0.163. The summed E-state index contributed by atoms with van der Waals surface area (Å²) in [5.41, 5.74) is 1.35. The van der Waals surface area contributed by atoms with Crippen molar-refractivity contribution in [1.82, 2.24) is 9.80 Å². The van der Waals surface area contributed by atoms with Crippen LogP contribution in [0.15, 0.2) is 30.3 Å². The van der Waals surface area contributed by atoms with Crippen LogP contribution < -0.4 is 0 Å². The van der Waals surface area contributed by atoms with Crippen molar-refractivity contribution in [3.8, 4) is 0 Å². The Hall–Kier alpha value is -1.00. The van der Waals surface area contributed by atoms with Gasteiger partial charge in [0.25, 0.3) is 0 Å². The van der Waals surface area contributed by atoms with Crippen LogP contribution in [0.4, 0.5) is 0 Å². The fourth-order valence-electron chi connectivity index (χ4n) is 2.73. The molecule has 0 N–H and O–H groups in total. The monoisotopic (exact) mass is 306 g/mol. The molecule has 1 fully saturated rings.